The molecule has 1 amide bonds. The highest BCUT2D eigenvalue weighted by atomic mass is 32.2. The Balaban J connectivity index is 1.59. The van der Waals surface area contributed by atoms with Gasteiger partial charge in [0.15, 0.2) is 0 Å². The molecule has 2 fully saturated rings. The van der Waals surface area contributed by atoms with Gasteiger partial charge in [0.25, 0.3) is 0 Å². The molecule has 1 aromatic carbocycles. The Hall–Kier alpha value is -1.95. The number of piperidine rings is 1. The highest BCUT2D eigenvalue weighted by molar-refractivity contribution is 7.89. The van der Waals surface area contributed by atoms with Gasteiger partial charge >= 0.3 is 0 Å². The van der Waals surface area contributed by atoms with Crippen LogP contribution in [-0.2, 0) is 19.6 Å². The molecule has 2 aliphatic rings. The van der Waals surface area contributed by atoms with Gasteiger partial charge in [-0.05, 0) is 44.7 Å². The summed E-state index contributed by atoms with van der Waals surface area (Å²) in [6.07, 6.45) is 2.98. The van der Waals surface area contributed by atoms with Crippen LogP contribution in [0.2, 0.25) is 0 Å². The van der Waals surface area contributed by atoms with Crippen LogP contribution in [0.5, 0.6) is 0 Å². The van der Waals surface area contributed by atoms with Gasteiger partial charge in [-0.25, -0.2) is 8.42 Å². The highest BCUT2D eigenvalue weighted by Gasteiger charge is 2.34. The van der Waals surface area contributed by atoms with Gasteiger partial charge in [0, 0.05) is 25.6 Å². The highest BCUT2D eigenvalue weighted by Crippen LogP contribution is 2.26. The number of nitriles is 1. The third-order valence-corrected chi connectivity index (χ3v) is 7.30. The van der Waals surface area contributed by atoms with Crippen LogP contribution in [0.1, 0.15) is 38.2 Å². The molecule has 0 radical (unpaired) electrons. The lowest BCUT2D eigenvalue weighted by Gasteiger charge is -2.31. The Kier molecular flexibility index (Phi) is 6.15. The van der Waals surface area contributed by atoms with E-state index >= 15 is 0 Å². The largest absolute Gasteiger partial charge is 0.376 e. The molecule has 2 atom stereocenters. The Morgan fingerprint density at radius 3 is 2.63 bits per heavy atom. The molecule has 1 aromatic rings. The molecule has 3 rings (SSSR count). The minimum Gasteiger partial charge on any atom is -0.376 e. The third-order valence-electron chi connectivity index (χ3n) is 5.34. The average molecular weight is 391 g/mol. The van der Waals surface area contributed by atoms with E-state index in [9.17, 15) is 18.5 Å². The minimum absolute atomic E-state index is 0.0300. The monoisotopic (exact) mass is 391 g/mol. The summed E-state index contributed by atoms with van der Waals surface area (Å²) in [7, 11) is -3.73. The first-order valence-corrected chi connectivity index (χ1v) is 10.8. The molecule has 0 saturated carbocycles. The maximum Gasteiger partial charge on any atom is 0.244 e. The summed E-state index contributed by atoms with van der Waals surface area (Å²) >= 11 is 0. The van der Waals surface area contributed by atoms with Crippen LogP contribution < -0.4 is 5.32 Å². The fourth-order valence-electron chi connectivity index (χ4n) is 3.71. The number of benzene rings is 1. The van der Waals surface area contributed by atoms with Gasteiger partial charge in [0.2, 0.25) is 15.9 Å². The number of carbonyl (C=O) groups excluding carboxylic acids is 1. The molecule has 0 spiro atoms. The molecular formula is C19H25N3O4S. The van der Waals surface area contributed by atoms with Crippen LogP contribution >= 0.6 is 0 Å². The number of nitrogens with zero attached hydrogens (tertiary/aromatic N) is 2. The van der Waals surface area contributed by atoms with E-state index in [1.807, 2.05) is 13.0 Å². The smallest absolute Gasteiger partial charge is 0.244 e. The zero-order valence-corrected chi connectivity index (χ0v) is 16.2. The molecule has 27 heavy (non-hydrogen) atoms. The Morgan fingerprint density at radius 1 is 1.30 bits per heavy atom. The molecule has 1 N–H and O–H groups in total. The summed E-state index contributed by atoms with van der Waals surface area (Å²) in [6, 6.07) is 8.10. The first-order chi connectivity index (χ1) is 12.9. The minimum atomic E-state index is -3.73. The second-order valence-corrected chi connectivity index (χ2v) is 9.04. The predicted octanol–water partition coefficient (Wildman–Crippen LogP) is 1.64. The van der Waals surface area contributed by atoms with Crippen molar-refractivity contribution in [1.29, 1.82) is 5.26 Å². The molecule has 0 bridgehead atoms. The number of amides is 1. The number of carbonyl (C=O) groups is 1. The van der Waals surface area contributed by atoms with Crippen molar-refractivity contribution in [3.8, 4) is 6.07 Å². The normalized spacial score (nSPS) is 22.9. The first-order valence-electron chi connectivity index (χ1n) is 9.34. The molecule has 146 valence electrons. The van der Waals surface area contributed by atoms with Gasteiger partial charge in [-0.15, -0.1) is 0 Å². The summed E-state index contributed by atoms with van der Waals surface area (Å²) < 4.78 is 32.7. The van der Waals surface area contributed by atoms with Crippen molar-refractivity contribution < 1.29 is 17.9 Å². The molecule has 7 nitrogen and oxygen atoms in total. The molecule has 2 aliphatic heterocycles. The lowest BCUT2D eigenvalue weighted by molar-refractivity contribution is -0.127. The zero-order valence-electron chi connectivity index (χ0n) is 15.4. The quantitative estimate of drug-likeness (QED) is 0.823. The molecule has 0 aliphatic carbocycles. The standard InChI is InChI=1S/C19H25N3O4S/c1-14(17-6-4-12-26-17)21-19(23)15-8-10-22(11-9-15)27(24,25)18-7-3-2-5-16(18)13-20/h2-3,5,7,14-15,17H,4,6,8-12H2,1H3,(H,21,23)/t14-,17+/m0/s1. The van der Waals surface area contributed by atoms with E-state index < -0.39 is 10.0 Å². The van der Waals surface area contributed by atoms with Crippen molar-refractivity contribution in [2.24, 2.45) is 5.92 Å². The Bertz CT molecular complexity index is 820. The summed E-state index contributed by atoms with van der Waals surface area (Å²) in [5.74, 6) is -0.237. The number of rotatable bonds is 5. The lowest BCUT2D eigenvalue weighted by atomic mass is 9.96. The number of hydrogen-bond donors (Lipinski definition) is 1. The Morgan fingerprint density at radius 2 is 2.00 bits per heavy atom. The summed E-state index contributed by atoms with van der Waals surface area (Å²) in [5.41, 5.74) is 0.141. The fraction of sp³-hybridized carbons (Fsp3) is 0.579. The summed E-state index contributed by atoms with van der Waals surface area (Å²) in [4.78, 5) is 12.5. The average Bonchev–Trinajstić information content (AvgIpc) is 3.23. The van der Waals surface area contributed by atoms with E-state index in [0.717, 1.165) is 19.4 Å². The molecule has 2 saturated heterocycles. The maximum absolute atomic E-state index is 12.9. The zero-order chi connectivity index (χ0) is 19.4. The van der Waals surface area contributed by atoms with Gasteiger partial charge in [0.1, 0.15) is 6.07 Å². The molecule has 2 heterocycles. The third kappa shape index (κ3) is 4.32. The van der Waals surface area contributed by atoms with Gasteiger partial charge in [-0.2, -0.15) is 9.57 Å². The summed E-state index contributed by atoms with van der Waals surface area (Å²) in [5, 5.41) is 12.2. The molecule has 0 unspecified atom stereocenters. The van der Waals surface area contributed by atoms with Crippen LogP contribution in [0, 0.1) is 17.2 Å². The topological polar surface area (TPSA) is 99.5 Å². The predicted molar refractivity (Wildman–Crippen MR) is 99.2 cm³/mol. The molecule has 0 aromatic heterocycles. The van der Waals surface area contributed by atoms with Crippen molar-refractivity contribution in [2.45, 2.75) is 49.6 Å². The van der Waals surface area contributed by atoms with E-state index in [0.29, 0.717) is 12.8 Å². The van der Waals surface area contributed by atoms with Crippen molar-refractivity contribution in [3.05, 3.63) is 29.8 Å². The van der Waals surface area contributed by atoms with Crippen LogP contribution in [0.25, 0.3) is 0 Å². The van der Waals surface area contributed by atoms with Gasteiger partial charge in [0.05, 0.1) is 22.6 Å². The second-order valence-electron chi connectivity index (χ2n) is 7.14. The van der Waals surface area contributed by atoms with Crippen LogP contribution in [0.15, 0.2) is 29.2 Å². The van der Waals surface area contributed by atoms with Gasteiger partial charge < -0.3 is 10.1 Å². The summed E-state index contributed by atoms with van der Waals surface area (Å²) in [6.45, 7) is 3.24. The van der Waals surface area contributed by atoms with E-state index in [2.05, 4.69) is 5.32 Å². The van der Waals surface area contributed by atoms with Crippen molar-refractivity contribution in [1.82, 2.24) is 9.62 Å². The van der Waals surface area contributed by atoms with E-state index in [-0.39, 0.29) is 47.5 Å². The number of hydrogen-bond acceptors (Lipinski definition) is 5. The number of sulfonamides is 1. The Labute approximate surface area is 160 Å². The molecular weight excluding hydrogens is 366 g/mol. The van der Waals surface area contributed by atoms with Crippen LogP contribution in [-0.4, -0.2) is 50.5 Å². The number of nitrogens with one attached hydrogen (secondary N) is 1. The van der Waals surface area contributed by atoms with E-state index in [1.54, 1.807) is 12.1 Å². The lowest BCUT2D eigenvalue weighted by Crippen LogP contribution is -2.47. The second kappa shape index (κ2) is 8.38. The number of ether oxygens (including phenoxy) is 1. The SMILES string of the molecule is C[C@H](NC(=O)C1CCN(S(=O)(=O)c2ccccc2C#N)CC1)[C@H]1CCCO1. The fourth-order valence-corrected chi connectivity index (χ4v) is 5.33. The first kappa shape index (κ1) is 19.8. The van der Waals surface area contributed by atoms with Crippen molar-refractivity contribution in [3.63, 3.8) is 0 Å². The van der Waals surface area contributed by atoms with Crippen LogP contribution in [0.4, 0.5) is 0 Å². The van der Waals surface area contributed by atoms with Gasteiger partial charge in [-0.1, -0.05) is 12.1 Å². The van der Waals surface area contributed by atoms with Gasteiger partial charge in [-0.3, -0.25) is 4.79 Å². The van der Waals surface area contributed by atoms with Crippen molar-refractivity contribution in [2.75, 3.05) is 19.7 Å². The van der Waals surface area contributed by atoms with Crippen molar-refractivity contribution >= 4 is 15.9 Å². The van der Waals surface area contributed by atoms with E-state index in [1.165, 1.54) is 16.4 Å². The maximum atomic E-state index is 12.9. The van der Waals surface area contributed by atoms with Crippen LogP contribution in [0.3, 0.4) is 0 Å². The van der Waals surface area contributed by atoms with E-state index in [4.69, 9.17) is 4.74 Å². The molecule has 8 heteroatoms.